The predicted octanol–water partition coefficient (Wildman–Crippen LogP) is 0.753. The molecule has 1 N–H and O–H groups in total. The van der Waals surface area contributed by atoms with E-state index < -0.39 is 0 Å². The third kappa shape index (κ3) is 1.05. The summed E-state index contributed by atoms with van der Waals surface area (Å²) in [4.78, 5) is 4.05. The van der Waals surface area contributed by atoms with Gasteiger partial charge in [-0.25, -0.2) is 4.98 Å². The molecule has 0 amide bonds. The van der Waals surface area contributed by atoms with E-state index in [1.807, 2.05) is 12.5 Å². The van der Waals surface area contributed by atoms with Gasteiger partial charge in [-0.05, 0) is 19.3 Å². The highest BCUT2D eigenvalue weighted by Gasteiger charge is 2.17. The zero-order valence-corrected chi connectivity index (χ0v) is 6.40. The van der Waals surface area contributed by atoms with Crippen molar-refractivity contribution in [2.75, 3.05) is 6.61 Å². The minimum Gasteiger partial charge on any atom is -0.394 e. The molecule has 0 saturated carbocycles. The summed E-state index contributed by atoms with van der Waals surface area (Å²) in [6, 6.07) is 0.279. The van der Waals surface area contributed by atoms with Crippen LogP contribution in [-0.2, 0) is 6.42 Å². The molecule has 0 fully saturated rings. The SMILES string of the molecule is OC[C@H]1CCCc2cncn21. The van der Waals surface area contributed by atoms with Crippen LogP contribution in [-0.4, -0.2) is 21.3 Å². The molecule has 0 unspecified atom stereocenters. The summed E-state index contributed by atoms with van der Waals surface area (Å²) < 4.78 is 2.09. The van der Waals surface area contributed by atoms with Gasteiger partial charge in [-0.1, -0.05) is 0 Å². The van der Waals surface area contributed by atoms with Gasteiger partial charge in [-0.15, -0.1) is 0 Å². The van der Waals surface area contributed by atoms with Crippen molar-refractivity contribution in [1.82, 2.24) is 9.55 Å². The van der Waals surface area contributed by atoms with Gasteiger partial charge in [0.15, 0.2) is 0 Å². The summed E-state index contributed by atoms with van der Waals surface area (Å²) in [5, 5.41) is 9.01. The number of imidazole rings is 1. The van der Waals surface area contributed by atoms with Crippen LogP contribution >= 0.6 is 0 Å². The van der Waals surface area contributed by atoms with E-state index in [9.17, 15) is 0 Å². The lowest BCUT2D eigenvalue weighted by atomic mass is 10.0. The highest BCUT2D eigenvalue weighted by molar-refractivity contribution is 5.03. The maximum Gasteiger partial charge on any atom is 0.0951 e. The second kappa shape index (κ2) is 2.66. The minimum atomic E-state index is 0.239. The number of aromatic nitrogens is 2. The molecule has 1 aromatic heterocycles. The van der Waals surface area contributed by atoms with Crippen LogP contribution in [0.15, 0.2) is 12.5 Å². The molecule has 1 aromatic rings. The van der Waals surface area contributed by atoms with Crippen molar-refractivity contribution in [1.29, 1.82) is 0 Å². The molecular weight excluding hydrogens is 140 g/mol. The van der Waals surface area contributed by atoms with Crippen molar-refractivity contribution in [3.8, 4) is 0 Å². The average molecular weight is 152 g/mol. The Hall–Kier alpha value is -0.830. The second-order valence-electron chi connectivity index (χ2n) is 3.02. The number of hydrogen-bond acceptors (Lipinski definition) is 2. The molecule has 3 heteroatoms. The number of nitrogens with zero attached hydrogens (tertiary/aromatic N) is 2. The fourth-order valence-corrected chi connectivity index (χ4v) is 1.69. The number of aliphatic hydroxyl groups is 1. The molecule has 1 atom stereocenters. The van der Waals surface area contributed by atoms with Crippen LogP contribution in [0.1, 0.15) is 24.6 Å². The molecular formula is C8H12N2O. The fraction of sp³-hybridized carbons (Fsp3) is 0.625. The van der Waals surface area contributed by atoms with Crippen LogP contribution in [0.4, 0.5) is 0 Å². The Kier molecular flexibility index (Phi) is 1.66. The van der Waals surface area contributed by atoms with Crippen LogP contribution in [0, 0.1) is 0 Å². The first-order chi connectivity index (χ1) is 5.42. The monoisotopic (exact) mass is 152 g/mol. The Balaban J connectivity index is 2.32. The first-order valence-corrected chi connectivity index (χ1v) is 4.03. The molecule has 0 aliphatic carbocycles. The van der Waals surface area contributed by atoms with Gasteiger partial charge in [0, 0.05) is 11.9 Å². The third-order valence-corrected chi connectivity index (χ3v) is 2.32. The van der Waals surface area contributed by atoms with Gasteiger partial charge in [-0.2, -0.15) is 0 Å². The molecule has 0 saturated heterocycles. The van der Waals surface area contributed by atoms with Crippen molar-refractivity contribution >= 4 is 0 Å². The highest BCUT2D eigenvalue weighted by Crippen LogP contribution is 2.23. The summed E-state index contributed by atoms with van der Waals surface area (Å²) in [5.41, 5.74) is 1.26. The summed E-state index contributed by atoms with van der Waals surface area (Å²) >= 11 is 0. The van der Waals surface area contributed by atoms with Crippen molar-refractivity contribution in [3.05, 3.63) is 18.2 Å². The van der Waals surface area contributed by atoms with E-state index >= 15 is 0 Å². The molecule has 1 aliphatic rings. The normalized spacial score (nSPS) is 23.2. The maximum atomic E-state index is 9.01. The molecule has 0 spiro atoms. The fourth-order valence-electron chi connectivity index (χ4n) is 1.69. The molecule has 2 rings (SSSR count). The van der Waals surface area contributed by atoms with Crippen molar-refractivity contribution in [2.45, 2.75) is 25.3 Å². The van der Waals surface area contributed by atoms with Crippen LogP contribution in [0.3, 0.4) is 0 Å². The van der Waals surface area contributed by atoms with Crippen molar-refractivity contribution < 1.29 is 5.11 Å². The maximum absolute atomic E-state index is 9.01. The largest absolute Gasteiger partial charge is 0.394 e. The lowest BCUT2D eigenvalue weighted by Crippen LogP contribution is -2.19. The van der Waals surface area contributed by atoms with Crippen LogP contribution in [0.25, 0.3) is 0 Å². The number of hydrogen-bond donors (Lipinski definition) is 1. The number of aliphatic hydroxyl groups excluding tert-OH is 1. The molecule has 1 aliphatic heterocycles. The van der Waals surface area contributed by atoms with E-state index in [4.69, 9.17) is 5.11 Å². The van der Waals surface area contributed by atoms with Crippen molar-refractivity contribution in [3.63, 3.8) is 0 Å². The van der Waals surface area contributed by atoms with E-state index in [-0.39, 0.29) is 12.6 Å². The Morgan fingerprint density at radius 3 is 3.45 bits per heavy atom. The van der Waals surface area contributed by atoms with E-state index in [0.29, 0.717) is 0 Å². The molecule has 2 heterocycles. The third-order valence-electron chi connectivity index (χ3n) is 2.32. The minimum absolute atomic E-state index is 0.239. The number of aryl methyl sites for hydroxylation is 1. The van der Waals surface area contributed by atoms with E-state index in [1.54, 1.807) is 0 Å². The number of fused-ring (bicyclic) bond motifs is 1. The summed E-state index contributed by atoms with van der Waals surface area (Å²) in [7, 11) is 0. The van der Waals surface area contributed by atoms with E-state index in [0.717, 1.165) is 12.8 Å². The zero-order chi connectivity index (χ0) is 7.68. The Bertz CT molecular complexity index is 244. The van der Waals surface area contributed by atoms with Gasteiger partial charge in [0.2, 0.25) is 0 Å². The highest BCUT2D eigenvalue weighted by atomic mass is 16.3. The summed E-state index contributed by atoms with van der Waals surface area (Å²) in [5.74, 6) is 0. The van der Waals surface area contributed by atoms with Gasteiger partial charge in [-0.3, -0.25) is 0 Å². The smallest absolute Gasteiger partial charge is 0.0951 e. The van der Waals surface area contributed by atoms with Crippen LogP contribution in [0.2, 0.25) is 0 Å². The standard InChI is InChI=1S/C8H12N2O/c11-5-8-3-1-2-7-4-9-6-10(7)8/h4,6,8,11H,1-3,5H2/t8-/m1/s1. The van der Waals surface area contributed by atoms with E-state index in [2.05, 4.69) is 9.55 Å². The molecule has 0 bridgehead atoms. The van der Waals surface area contributed by atoms with Crippen LogP contribution < -0.4 is 0 Å². The molecule has 60 valence electrons. The molecule has 3 nitrogen and oxygen atoms in total. The molecule has 0 radical (unpaired) electrons. The quantitative estimate of drug-likeness (QED) is 0.645. The molecule has 11 heavy (non-hydrogen) atoms. The van der Waals surface area contributed by atoms with E-state index in [1.165, 1.54) is 12.1 Å². The van der Waals surface area contributed by atoms with Crippen molar-refractivity contribution in [2.24, 2.45) is 0 Å². The predicted molar refractivity (Wildman–Crippen MR) is 41.3 cm³/mol. The zero-order valence-electron chi connectivity index (χ0n) is 6.40. The molecule has 0 aromatic carbocycles. The Morgan fingerprint density at radius 2 is 2.64 bits per heavy atom. The van der Waals surface area contributed by atoms with Crippen LogP contribution in [0.5, 0.6) is 0 Å². The van der Waals surface area contributed by atoms with Gasteiger partial charge in [0.25, 0.3) is 0 Å². The Labute approximate surface area is 65.7 Å². The Morgan fingerprint density at radius 1 is 1.73 bits per heavy atom. The number of rotatable bonds is 1. The average Bonchev–Trinajstić information content (AvgIpc) is 2.50. The second-order valence-corrected chi connectivity index (χ2v) is 3.02. The van der Waals surface area contributed by atoms with Gasteiger partial charge in [0.1, 0.15) is 0 Å². The van der Waals surface area contributed by atoms with Gasteiger partial charge in [0.05, 0.1) is 19.0 Å². The topological polar surface area (TPSA) is 38.1 Å². The van der Waals surface area contributed by atoms with Gasteiger partial charge < -0.3 is 9.67 Å². The summed E-state index contributed by atoms with van der Waals surface area (Å²) in [6.07, 6.45) is 7.07. The summed E-state index contributed by atoms with van der Waals surface area (Å²) in [6.45, 7) is 0.239. The first kappa shape index (κ1) is 6.85. The lowest BCUT2D eigenvalue weighted by molar-refractivity contribution is 0.207. The lowest BCUT2D eigenvalue weighted by Gasteiger charge is -2.23. The van der Waals surface area contributed by atoms with Gasteiger partial charge >= 0.3 is 0 Å². The first-order valence-electron chi connectivity index (χ1n) is 4.03.